The molecule has 0 bridgehead atoms. The lowest BCUT2D eigenvalue weighted by atomic mass is 10.0. The van der Waals surface area contributed by atoms with Crippen molar-refractivity contribution >= 4 is 5.91 Å². The molecule has 0 spiro atoms. The predicted octanol–water partition coefficient (Wildman–Crippen LogP) is 2.62. The number of hydrogen-bond acceptors (Lipinski definition) is 6. The largest absolute Gasteiger partial charge is 0.494 e. The van der Waals surface area contributed by atoms with Gasteiger partial charge in [-0.05, 0) is 42.8 Å². The summed E-state index contributed by atoms with van der Waals surface area (Å²) >= 11 is 0. The maximum atomic E-state index is 12.7. The highest BCUT2D eigenvalue weighted by atomic mass is 16.7. The number of benzene rings is 2. The van der Waals surface area contributed by atoms with Crippen molar-refractivity contribution in [3.8, 4) is 17.2 Å². The highest BCUT2D eigenvalue weighted by Crippen LogP contribution is 2.32. The van der Waals surface area contributed by atoms with Crippen molar-refractivity contribution in [2.24, 2.45) is 0 Å². The second-order valence-electron chi connectivity index (χ2n) is 6.94. The first-order chi connectivity index (χ1) is 14.2. The van der Waals surface area contributed by atoms with E-state index in [1.165, 1.54) is 0 Å². The molecule has 4 rings (SSSR count). The van der Waals surface area contributed by atoms with E-state index in [1.54, 1.807) is 18.2 Å². The maximum Gasteiger partial charge on any atom is 0.251 e. The van der Waals surface area contributed by atoms with Crippen molar-refractivity contribution in [2.45, 2.75) is 13.0 Å². The van der Waals surface area contributed by atoms with Crippen LogP contribution in [0.4, 0.5) is 0 Å². The smallest absolute Gasteiger partial charge is 0.251 e. The number of carbonyl (C=O) groups is 1. The first-order valence-corrected chi connectivity index (χ1v) is 9.97. The van der Waals surface area contributed by atoms with Crippen LogP contribution in [0.25, 0.3) is 0 Å². The van der Waals surface area contributed by atoms with Gasteiger partial charge in [-0.3, -0.25) is 9.69 Å². The third-order valence-electron chi connectivity index (χ3n) is 5.15. The molecule has 1 amide bonds. The first kappa shape index (κ1) is 19.5. The summed E-state index contributed by atoms with van der Waals surface area (Å²) in [5.41, 5.74) is 1.70. The lowest BCUT2D eigenvalue weighted by molar-refractivity contribution is 0.0162. The second-order valence-corrected chi connectivity index (χ2v) is 6.94. The Morgan fingerprint density at radius 1 is 1.10 bits per heavy atom. The van der Waals surface area contributed by atoms with E-state index in [4.69, 9.17) is 18.9 Å². The summed E-state index contributed by atoms with van der Waals surface area (Å²) in [5.74, 6) is 1.99. The molecule has 2 aromatic carbocycles. The molecule has 1 saturated heterocycles. The highest BCUT2D eigenvalue weighted by Gasteiger charge is 2.24. The van der Waals surface area contributed by atoms with Crippen LogP contribution in [0.3, 0.4) is 0 Å². The van der Waals surface area contributed by atoms with E-state index in [9.17, 15) is 4.79 Å². The van der Waals surface area contributed by atoms with Crippen molar-refractivity contribution in [3.63, 3.8) is 0 Å². The van der Waals surface area contributed by atoms with Crippen molar-refractivity contribution < 1.29 is 23.7 Å². The Hall–Kier alpha value is -2.77. The topological polar surface area (TPSA) is 69.3 Å². The van der Waals surface area contributed by atoms with Gasteiger partial charge in [0.05, 0.1) is 25.9 Å². The van der Waals surface area contributed by atoms with E-state index >= 15 is 0 Å². The Bertz CT molecular complexity index is 834. The zero-order valence-electron chi connectivity index (χ0n) is 16.6. The van der Waals surface area contributed by atoms with Crippen LogP contribution in [-0.4, -0.2) is 57.1 Å². The third-order valence-corrected chi connectivity index (χ3v) is 5.15. The summed E-state index contributed by atoms with van der Waals surface area (Å²) in [7, 11) is 0. The van der Waals surface area contributed by atoms with Crippen molar-refractivity contribution in [1.29, 1.82) is 0 Å². The molecular formula is C22H26N2O5. The molecule has 1 unspecified atom stereocenters. The molecule has 0 radical (unpaired) electrons. The molecule has 0 saturated carbocycles. The molecule has 2 aliphatic heterocycles. The van der Waals surface area contributed by atoms with Crippen LogP contribution in [-0.2, 0) is 4.74 Å². The lowest BCUT2D eigenvalue weighted by Crippen LogP contribution is -2.43. The summed E-state index contributed by atoms with van der Waals surface area (Å²) in [6, 6.07) is 13.4. The summed E-state index contributed by atoms with van der Waals surface area (Å²) in [6.45, 7) is 6.36. The SMILES string of the molecule is CCOc1ccc(C(CNC(=O)c2ccc3c(c2)OCO3)N2CCOCC2)cc1. The minimum absolute atomic E-state index is 0.0625. The third kappa shape index (κ3) is 4.63. The summed E-state index contributed by atoms with van der Waals surface area (Å²) in [5, 5.41) is 3.08. The van der Waals surface area contributed by atoms with E-state index in [0.29, 0.717) is 43.4 Å². The van der Waals surface area contributed by atoms with Gasteiger partial charge in [0.15, 0.2) is 11.5 Å². The van der Waals surface area contributed by atoms with Crippen LogP contribution < -0.4 is 19.5 Å². The predicted molar refractivity (Wildman–Crippen MR) is 108 cm³/mol. The molecule has 1 fully saturated rings. The number of fused-ring (bicyclic) bond motifs is 1. The molecule has 29 heavy (non-hydrogen) atoms. The molecule has 0 aliphatic carbocycles. The summed E-state index contributed by atoms with van der Waals surface area (Å²) in [4.78, 5) is 15.1. The molecule has 0 aromatic heterocycles. The Kier molecular flexibility index (Phi) is 6.17. The number of morpholine rings is 1. The average molecular weight is 398 g/mol. The van der Waals surface area contributed by atoms with Crippen LogP contribution in [0.1, 0.15) is 28.9 Å². The van der Waals surface area contributed by atoms with E-state index in [1.807, 2.05) is 19.1 Å². The second kappa shape index (κ2) is 9.15. The van der Waals surface area contributed by atoms with Crippen molar-refractivity contribution in [1.82, 2.24) is 10.2 Å². The van der Waals surface area contributed by atoms with Gasteiger partial charge in [0.2, 0.25) is 6.79 Å². The van der Waals surface area contributed by atoms with Gasteiger partial charge in [0, 0.05) is 25.2 Å². The Morgan fingerprint density at radius 3 is 2.62 bits per heavy atom. The quantitative estimate of drug-likeness (QED) is 0.773. The fourth-order valence-electron chi connectivity index (χ4n) is 3.63. The number of carbonyl (C=O) groups excluding carboxylic acids is 1. The lowest BCUT2D eigenvalue weighted by Gasteiger charge is -2.35. The van der Waals surface area contributed by atoms with Gasteiger partial charge >= 0.3 is 0 Å². The van der Waals surface area contributed by atoms with Gasteiger partial charge in [-0.15, -0.1) is 0 Å². The number of rotatable bonds is 7. The summed E-state index contributed by atoms with van der Waals surface area (Å²) in [6.07, 6.45) is 0. The van der Waals surface area contributed by atoms with Gasteiger partial charge in [-0.2, -0.15) is 0 Å². The number of ether oxygens (including phenoxy) is 4. The fourth-order valence-corrected chi connectivity index (χ4v) is 3.63. The average Bonchev–Trinajstić information content (AvgIpc) is 3.24. The van der Waals surface area contributed by atoms with Gasteiger partial charge in [-0.1, -0.05) is 12.1 Å². The highest BCUT2D eigenvalue weighted by molar-refractivity contribution is 5.95. The van der Waals surface area contributed by atoms with Crippen molar-refractivity contribution in [3.05, 3.63) is 53.6 Å². The molecule has 2 aromatic rings. The van der Waals surface area contributed by atoms with Crippen molar-refractivity contribution in [2.75, 3.05) is 46.2 Å². The van der Waals surface area contributed by atoms with Crippen LogP contribution in [0, 0.1) is 0 Å². The van der Waals surface area contributed by atoms with E-state index < -0.39 is 0 Å². The molecule has 7 heteroatoms. The monoisotopic (exact) mass is 398 g/mol. The maximum absolute atomic E-state index is 12.7. The number of amides is 1. The van der Waals surface area contributed by atoms with Crippen LogP contribution >= 0.6 is 0 Å². The van der Waals surface area contributed by atoms with Crippen LogP contribution in [0.15, 0.2) is 42.5 Å². The van der Waals surface area contributed by atoms with E-state index in [2.05, 4.69) is 22.3 Å². The zero-order valence-corrected chi connectivity index (χ0v) is 16.6. The number of nitrogens with zero attached hydrogens (tertiary/aromatic N) is 1. The minimum Gasteiger partial charge on any atom is -0.494 e. The Balaban J connectivity index is 1.46. The normalized spacial score (nSPS) is 17.0. The Labute approximate surface area is 170 Å². The Morgan fingerprint density at radius 2 is 1.86 bits per heavy atom. The summed E-state index contributed by atoms with van der Waals surface area (Å²) < 4.78 is 21.7. The van der Waals surface area contributed by atoms with Crippen LogP contribution in [0.2, 0.25) is 0 Å². The minimum atomic E-state index is -0.132. The fraction of sp³-hybridized carbons (Fsp3) is 0.409. The van der Waals surface area contributed by atoms with E-state index in [0.717, 1.165) is 24.4 Å². The first-order valence-electron chi connectivity index (χ1n) is 9.97. The van der Waals surface area contributed by atoms with Gasteiger partial charge in [-0.25, -0.2) is 0 Å². The molecule has 2 aliphatic rings. The number of hydrogen-bond donors (Lipinski definition) is 1. The molecule has 154 valence electrons. The molecular weight excluding hydrogens is 372 g/mol. The van der Waals surface area contributed by atoms with E-state index in [-0.39, 0.29) is 18.7 Å². The molecule has 7 nitrogen and oxygen atoms in total. The molecule has 1 N–H and O–H groups in total. The number of nitrogens with one attached hydrogen (secondary N) is 1. The van der Waals surface area contributed by atoms with Gasteiger partial charge in [0.25, 0.3) is 5.91 Å². The van der Waals surface area contributed by atoms with Gasteiger partial charge < -0.3 is 24.3 Å². The zero-order chi connectivity index (χ0) is 20.1. The van der Waals surface area contributed by atoms with Crippen LogP contribution in [0.5, 0.6) is 17.2 Å². The van der Waals surface area contributed by atoms with Gasteiger partial charge in [0.1, 0.15) is 5.75 Å². The molecule has 1 atom stereocenters. The standard InChI is InChI=1S/C22H26N2O5/c1-2-27-18-6-3-16(4-7-18)19(24-9-11-26-12-10-24)14-23-22(25)17-5-8-20-21(13-17)29-15-28-20/h3-8,13,19H,2,9-12,14-15H2,1H3,(H,23,25). The molecule has 2 heterocycles.